The van der Waals surface area contributed by atoms with Crippen LogP contribution in [0.2, 0.25) is 5.02 Å². The van der Waals surface area contributed by atoms with Crippen LogP contribution in [-0.4, -0.2) is 16.9 Å². The van der Waals surface area contributed by atoms with Gasteiger partial charge in [-0.2, -0.15) is 0 Å². The molecule has 4 aliphatic carbocycles. The maximum absolute atomic E-state index is 13.1. The Labute approximate surface area is 198 Å². The van der Waals surface area contributed by atoms with Crippen LogP contribution in [0.1, 0.15) is 62.3 Å². The first-order chi connectivity index (χ1) is 15.2. The minimum Gasteiger partial charge on any atom is -0.459 e. The van der Waals surface area contributed by atoms with E-state index in [1.54, 1.807) is 4.90 Å². The van der Waals surface area contributed by atoms with Gasteiger partial charge in [-0.05, 0) is 87.3 Å². The van der Waals surface area contributed by atoms with Crippen LogP contribution in [0.15, 0.2) is 17.5 Å². The second-order valence-corrected chi connectivity index (χ2v) is 11.4. The highest BCUT2D eigenvalue weighted by Gasteiger charge is 2.55. The van der Waals surface area contributed by atoms with Gasteiger partial charge in [0.2, 0.25) is 5.91 Å². The summed E-state index contributed by atoms with van der Waals surface area (Å²) in [7, 11) is 0. The predicted octanol–water partition coefficient (Wildman–Crippen LogP) is 6.36. The molecule has 0 radical (unpaired) electrons. The van der Waals surface area contributed by atoms with Crippen LogP contribution in [0.3, 0.4) is 0 Å². The van der Waals surface area contributed by atoms with Gasteiger partial charge in [0, 0.05) is 12.3 Å². The second kappa shape index (κ2) is 8.14. The molecule has 1 amide bonds. The lowest BCUT2D eigenvalue weighted by Gasteiger charge is -2.55. The molecule has 32 heavy (non-hydrogen) atoms. The Morgan fingerprint density at radius 1 is 1.16 bits per heavy atom. The maximum Gasteiger partial charge on any atom is 0.312 e. The van der Waals surface area contributed by atoms with Gasteiger partial charge in [0.1, 0.15) is 6.61 Å². The van der Waals surface area contributed by atoms with Crippen LogP contribution in [0, 0.1) is 37.0 Å². The summed E-state index contributed by atoms with van der Waals surface area (Å²) in [4.78, 5) is 31.8. The quantitative estimate of drug-likeness (QED) is 0.475. The number of hydrogen-bond donors (Lipinski definition) is 0. The van der Waals surface area contributed by atoms with Crippen LogP contribution in [-0.2, 0) is 20.9 Å². The molecule has 6 rings (SSSR count). The summed E-state index contributed by atoms with van der Waals surface area (Å²) in [6.07, 6.45) is 6.86. The van der Waals surface area contributed by atoms with Crippen molar-refractivity contribution in [1.29, 1.82) is 0 Å². The Kier molecular flexibility index (Phi) is 5.57. The third kappa shape index (κ3) is 3.86. The normalized spacial score (nSPS) is 28.1. The number of nitrogens with zero attached hydrogens (tertiary/aromatic N) is 2. The SMILES string of the molecule is CC(=O)N(c1nc(COC(=O)C23CC4CC(CC(C4)C2)C3)cs1)c1c(C)cc(C)cc1Cl. The standard InChI is InChI=1S/C25H29ClN2O3S/c1-14-4-15(2)22(21(26)5-14)28(16(3)29)24-27-20(13-32-24)12-31-23(30)25-9-17-6-18(10-25)8-19(7-17)11-25/h4-5,13,17-19H,6-12H2,1-3H3. The smallest absolute Gasteiger partial charge is 0.312 e. The molecular weight excluding hydrogens is 444 g/mol. The molecule has 0 spiro atoms. The number of halogens is 1. The first kappa shape index (κ1) is 21.9. The molecule has 4 aliphatic rings. The van der Waals surface area contributed by atoms with Gasteiger partial charge in [0.15, 0.2) is 5.13 Å². The molecule has 4 fully saturated rings. The number of anilines is 2. The van der Waals surface area contributed by atoms with E-state index in [4.69, 9.17) is 16.3 Å². The van der Waals surface area contributed by atoms with E-state index in [9.17, 15) is 9.59 Å². The van der Waals surface area contributed by atoms with Gasteiger partial charge in [-0.15, -0.1) is 11.3 Å². The summed E-state index contributed by atoms with van der Waals surface area (Å²) < 4.78 is 5.81. The number of thiazole rings is 1. The van der Waals surface area contributed by atoms with E-state index in [-0.39, 0.29) is 23.9 Å². The first-order valence-electron chi connectivity index (χ1n) is 11.4. The molecule has 0 unspecified atom stereocenters. The summed E-state index contributed by atoms with van der Waals surface area (Å²) >= 11 is 7.85. The van der Waals surface area contributed by atoms with Crippen LogP contribution in [0.5, 0.6) is 0 Å². The molecule has 1 aromatic carbocycles. The number of benzene rings is 1. The van der Waals surface area contributed by atoms with Crippen molar-refractivity contribution in [2.45, 2.75) is 65.9 Å². The fraction of sp³-hybridized carbons (Fsp3) is 0.560. The summed E-state index contributed by atoms with van der Waals surface area (Å²) in [5.74, 6) is 1.89. The average Bonchev–Trinajstić information content (AvgIpc) is 3.15. The van der Waals surface area contributed by atoms with Crippen molar-refractivity contribution in [3.05, 3.63) is 39.4 Å². The maximum atomic E-state index is 13.1. The third-order valence-corrected chi connectivity index (χ3v) is 8.65. The number of carbonyl (C=O) groups is 2. The molecule has 1 heterocycles. The summed E-state index contributed by atoms with van der Waals surface area (Å²) in [5, 5.41) is 2.91. The Bertz CT molecular complexity index is 1020. The molecule has 0 N–H and O–H groups in total. The summed E-state index contributed by atoms with van der Waals surface area (Å²) in [5.41, 5.74) is 2.99. The van der Waals surface area contributed by atoms with Crippen molar-refractivity contribution >= 4 is 45.6 Å². The molecule has 0 atom stereocenters. The van der Waals surface area contributed by atoms with Crippen molar-refractivity contribution in [3.8, 4) is 0 Å². The van der Waals surface area contributed by atoms with E-state index in [1.807, 2.05) is 31.4 Å². The van der Waals surface area contributed by atoms with E-state index >= 15 is 0 Å². The highest BCUT2D eigenvalue weighted by Crippen LogP contribution is 2.60. The summed E-state index contributed by atoms with van der Waals surface area (Å²) in [6, 6.07) is 3.85. The van der Waals surface area contributed by atoms with Crippen molar-refractivity contribution in [2.75, 3.05) is 4.90 Å². The van der Waals surface area contributed by atoms with Gasteiger partial charge in [-0.1, -0.05) is 17.7 Å². The molecule has 2 aromatic rings. The molecule has 0 saturated heterocycles. The van der Waals surface area contributed by atoms with E-state index < -0.39 is 0 Å². The van der Waals surface area contributed by atoms with Crippen molar-refractivity contribution in [2.24, 2.45) is 23.2 Å². The molecule has 0 aliphatic heterocycles. The van der Waals surface area contributed by atoms with E-state index in [0.717, 1.165) is 30.4 Å². The first-order valence-corrected chi connectivity index (χ1v) is 12.7. The Hall–Kier alpha value is -1.92. The van der Waals surface area contributed by atoms with Crippen LogP contribution in [0.25, 0.3) is 0 Å². The highest BCUT2D eigenvalue weighted by atomic mass is 35.5. The molecule has 4 saturated carbocycles. The Morgan fingerprint density at radius 3 is 2.34 bits per heavy atom. The Morgan fingerprint density at radius 2 is 1.78 bits per heavy atom. The van der Waals surface area contributed by atoms with Crippen LogP contribution >= 0.6 is 22.9 Å². The van der Waals surface area contributed by atoms with Gasteiger partial charge in [-0.25, -0.2) is 4.98 Å². The third-order valence-electron chi connectivity index (χ3n) is 7.49. The molecule has 170 valence electrons. The van der Waals surface area contributed by atoms with Gasteiger partial charge >= 0.3 is 5.97 Å². The molecule has 4 bridgehead atoms. The van der Waals surface area contributed by atoms with Gasteiger partial charge < -0.3 is 4.74 Å². The van der Waals surface area contributed by atoms with Crippen molar-refractivity contribution in [3.63, 3.8) is 0 Å². The number of hydrogen-bond acceptors (Lipinski definition) is 5. The number of amides is 1. The molecule has 1 aromatic heterocycles. The summed E-state index contributed by atoms with van der Waals surface area (Å²) in [6.45, 7) is 5.56. The number of esters is 1. The number of aromatic nitrogens is 1. The number of rotatable bonds is 5. The number of aryl methyl sites for hydroxylation is 2. The van der Waals surface area contributed by atoms with E-state index in [0.29, 0.717) is 39.3 Å². The minimum absolute atomic E-state index is 0.0491. The Balaban J connectivity index is 1.31. The zero-order valence-corrected chi connectivity index (χ0v) is 20.4. The monoisotopic (exact) mass is 472 g/mol. The molecule has 7 heteroatoms. The number of carbonyl (C=O) groups excluding carboxylic acids is 2. The van der Waals surface area contributed by atoms with Crippen molar-refractivity contribution in [1.82, 2.24) is 4.98 Å². The zero-order chi connectivity index (χ0) is 22.6. The van der Waals surface area contributed by atoms with E-state index in [1.165, 1.54) is 37.5 Å². The van der Waals surface area contributed by atoms with Crippen molar-refractivity contribution < 1.29 is 14.3 Å². The molecular formula is C25H29ClN2O3S. The van der Waals surface area contributed by atoms with Gasteiger partial charge in [0.25, 0.3) is 0 Å². The van der Waals surface area contributed by atoms with E-state index in [2.05, 4.69) is 4.98 Å². The minimum atomic E-state index is -0.272. The lowest BCUT2D eigenvalue weighted by molar-refractivity contribution is -0.173. The lowest BCUT2D eigenvalue weighted by atomic mass is 9.49. The average molecular weight is 473 g/mol. The number of ether oxygens (including phenoxy) is 1. The highest BCUT2D eigenvalue weighted by molar-refractivity contribution is 7.14. The fourth-order valence-corrected chi connectivity index (χ4v) is 7.96. The zero-order valence-electron chi connectivity index (χ0n) is 18.8. The van der Waals surface area contributed by atoms with Crippen LogP contribution < -0.4 is 4.90 Å². The topological polar surface area (TPSA) is 59.5 Å². The molecule has 5 nitrogen and oxygen atoms in total. The largest absolute Gasteiger partial charge is 0.459 e. The van der Waals surface area contributed by atoms with Gasteiger partial charge in [-0.3, -0.25) is 14.5 Å². The fourth-order valence-electron chi connectivity index (χ4n) is 6.70. The second-order valence-electron chi connectivity index (χ2n) is 10.2. The predicted molar refractivity (Wildman–Crippen MR) is 126 cm³/mol. The van der Waals surface area contributed by atoms with Gasteiger partial charge in [0.05, 0.1) is 21.8 Å². The lowest BCUT2D eigenvalue weighted by Crippen LogP contribution is -2.50. The van der Waals surface area contributed by atoms with Crippen LogP contribution in [0.4, 0.5) is 10.8 Å².